The van der Waals surface area contributed by atoms with Crippen molar-refractivity contribution in [3.8, 4) is 0 Å². The Morgan fingerprint density at radius 3 is 1.82 bits per heavy atom. The van der Waals surface area contributed by atoms with E-state index in [-0.39, 0.29) is 26.2 Å². The summed E-state index contributed by atoms with van der Waals surface area (Å²) in [7, 11) is -0.615. The van der Waals surface area contributed by atoms with Crippen molar-refractivity contribution in [1.29, 1.82) is 0 Å². The van der Waals surface area contributed by atoms with Crippen molar-refractivity contribution in [3.63, 3.8) is 0 Å². The maximum absolute atomic E-state index is 3.16. The van der Waals surface area contributed by atoms with Gasteiger partial charge in [0, 0.05) is 8.80 Å². The van der Waals surface area contributed by atoms with Crippen molar-refractivity contribution in [2.75, 3.05) is 0 Å². The summed E-state index contributed by atoms with van der Waals surface area (Å²) in [6, 6.07) is 0. The summed E-state index contributed by atoms with van der Waals surface area (Å²) in [5.74, 6) is 0. The molecule has 0 aliphatic heterocycles. The Kier molecular flexibility index (Phi) is 8.66. The molecular weight excluding hydrogens is 360 g/mol. The Morgan fingerprint density at radius 2 is 1.64 bits per heavy atom. The summed E-state index contributed by atoms with van der Waals surface area (Å²) in [4.78, 5) is 0. The van der Waals surface area contributed by atoms with Crippen molar-refractivity contribution < 1.29 is 26.2 Å². The quantitative estimate of drug-likeness (QED) is 0.464. The van der Waals surface area contributed by atoms with Gasteiger partial charge >= 0.3 is 26.2 Å². The summed E-state index contributed by atoms with van der Waals surface area (Å²) >= 11 is 0. The van der Waals surface area contributed by atoms with Gasteiger partial charge in [-0.25, -0.2) is 6.08 Å². The molecule has 0 amide bonds. The molecule has 22 heavy (non-hydrogen) atoms. The van der Waals surface area contributed by atoms with Gasteiger partial charge < -0.3 is 0 Å². The molecule has 1 aliphatic carbocycles. The van der Waals surface area contributed by atoms with E-state index < -0.39 is 8.80 Å². The minimum absolute atomic E-state index is 0. The third kappa shape index (κ3) is 5.24. The summed E-state index contributed by atoms with van der Waals surface area (Å²) < 4.78 is 0. The first-order valence-corrected chi connectivity index (χ1v) is 11.0. The van der Waals surface area contributed by atoms with E-state index >= 15 is 0 Å². The molecule has 0 saturated carbocycles. The van der Waals surface area contributed by atoms with E-state index in [1.165, 1.54) is 16.7 Å². The number of hydrogen-bond acceptors (Lipinski definition) is 0. The molecule has 0 unspecified atom stereocenters. The number of rotatable bonds is 1. The van der Waals surface area contributed by atoms with E-state index in [4.69, 9.17) is 0 Å². The molecule has 0 saturated heterocycles. The largest absolute Gasteiger partial charge is 2.00 e. The van der Waals surface area contributed by atoms with E-state index in [2.05, 4.69) is 79.8 Å². The second-order valence-electron chi connectivity index (χ2n) is 7.53. The van der Waals surface area contributed by atoms with Gasteiger partial charge in [-0.15, -0.1) is 6.42 Å². The second-order valence-corrected chi connectivity index (χ2v) is 10.4. The fraction of sp³-hybridized carbons (Fsp3) is 0.550. The zero-order valence-corrected chi connectivity index (χ0v) is 19.6. The van der Waals surface area contributed by atoms with Crippen LogP contribution in [0.4, 0.5) is 0 Å². The van der Waals surface area contributed by atoms with Gasteiger partial charge in [0.1, 0.15) is 0 Å². The molecule has 0 N–H and O–H groups in total. The summed E-state index contributed by atoms with van der Waals surface area (Å²) in [6.07, 6.45) is 8.50. The van der Waals surface area contributed by atoms with Crippen molar-refractivity contribution in [2.45, 2.75) is 68.0 Å². The monoisotopic (exact) mass is 390 g/mol. The number of allylic oxidation sites excluding steroid dienone is 4. The van der Waals surface area contributed by atoms with Crippen LogP contribution >= 0.6 is 0 Å². The van der Waals surface area contributed by atoms with Crippen LogP contribution in [0.2, 0.25) is 13.1 Å². The molecule has 0 fully saturated rings. The first-order valence-electron chi connectivity index (χ1n) is 8.07. The van der Waals surface area contributed by atoms with Crippen LogP contribution in [0.5, 0.6) is 0 Å². The topological polar surface area (TPSA) is 0 Å². The fourth-order valence-corrected chi connectivity index (χ4v) is 5.20. The van der Waals surface area contributed by atoms with Crippen LogP contribution in [-0.4, -0.2) is 8.80 Å². The Bertz CT molecular complexity index is 526. The van der Waals surface area contributed by atoms with Crippen LogP contribution in [0.15, 0.2) is 17.7 Å². The van der Waals surface area contributed by atoms with Crippen molar-refractivity contribution >= 4 is 14.0 Å². The molecule has 0 atom stereocenters. The molecular formula is C20H32SiZr. The minimum atomic E-state index is -0.615. The maximum atomic E-state index is 3.16. The van der Waals surface area contributed by atoms with Gasteiger partial charge in [-0.2, -0.15) is 39.1 Å². The van der Waals surface area contributed by atoms with Gasteiger partial charge in [-0.1, -0.05) is 67.0 Å². The molecule has 120 valence electrons. The predicted octanol–water partition coefficient (Wildman–Crippen LogP) is 5.05. The molecule has 2 rings (SSSR count). The first-order chi connectivity index (χ1) is 9.57. The molecule has 0 aromatic heterocycles. The van der Waals surface area contributed by atoms with Crippen LogP contribution < -0.4 is 5.19 Å². The SMILES string of the molecule is CC(C)(C)C1=CC[C-]=C1.Cc1c(C)c([SiH](C)C)[c-](C)c1C.[Zr+2]. The Morgan fingerprint density at radius 1 is 1.09 bits per heavy atom. The third-order valence-corrected chi connectivity index (χ3v) is 6.66. The van der Waals surface area contributed by atoms with E-state index in [0.29, 0.717) is 5.41 Å². The summed E-state index contributed by atoms with van der Waals surface area (Å²) in [6.45, 7) is 20.5. The molecule has 0 spiro atoms. The molecule has 1 aromatic rings. The average Bonchev–Trinajstić information content (AvgIpc) is 2.95. The second kappa shape index (κ2) is 8.69. The average molecular weight is 392 g/mol. The van der Waals surface area contributed by atoms with Gasteiger partial charge in [-0.05, 0) is 0 Å². The van der Waals surface area contributed by atoms with Crippen LogP contribution in [0.25, 0.3) is 0 Å². The minimum Gasteiger partial charge on any atom is -0.273 e. The van der Waals surface area contributed by atoms with E-state index in [1.54, 1.807) is 16.3 Å². The van der Waals surface area contributed by atoms with Crippen LogP contribution in [0, 0.1) is 39.2 Å². The van der Waals surface area contributed by atoms with Crippen LogP contribution in [0.1, 0.15) is 49.4 Å². The maximum Gasteiger partial charge on any atom is 2.00 e. The smallest absolute Gasteiger partial charge is 0.273 e. The van der Waals surface area contributed by atoms with Crippen LogP contribution in [-0.2, 0) is 26.2 Å². The molecule has 0 bridgehead atoms. The van der Waals surface area contributed by atoms with Gasteiger partial charge in [0.2, 0.25) is 0 Å². The normalized spacial score (nSPS) is 13.6. The molecule has 0 nitrogen and oxygen atoms in total. The van der Waals surface area contributed by atoms with Gasteiger partial charge in [0.05, 0.1) is 0 Å². The van der Waals surface area contributed by atoms with Gasteiger partial charge in [0.25, 0.3) is 0 Å². The Balaban J connectivity index is 0.000000397. The molecule has 1 aromatic carbocycles. The van der Waals surface area contributed by atoms with E-state index in [0.717, 1.165) is 6.42 Å². The van der Waals surface area contributed by atoms with Crippen molar-refractivity contribution in [3.05, 3.63) is 46.1 Å². The van der Waals surface area contributed by atoms with E-state index in [9.17, 15) is 0 Å². The molecule has 0 radical (unpaired) electrons. The zero-order chi connectivity index (χ0) is 16.4. The zero-order valence-electron chi connectivity index (χ0n) is 15.9. The first kappa shape index (κ1) is 21.9. The Labute approximate surface area is 159 Å². The van der Waals surface area contributed by atoms with Gasteiger partial charge in [-0.3, -0.25) is 6.08 Å². The van der Waals surface area contributed by atoms with E-state index in [1.807, 2.05) is 0 Å². The van der Waals surface area contributed by atoms with Crippen LogP contribution in [0.3, 0.4) is 0 Å². The Hall–Kier alpha value is -0.0700. The molecule has 1 aliphatic rings. The molecule has 0 heterocycles. The van der Waals surface area contributed by atoms with Crippen molar-refractivity contribution in [1.82, 2.24) is 0 Å². The predicted molar refractivity (Wildman–Crippen MR) is 99.5 cm³/mol. The number of hydrogen-bond donors (Lipinski definition) is 0. The summed E-state index contributed by atoms with van der Waals surface area (Å²) in [5, 5.41) is 1.70. The third-order valence-electron chi connectivity index (χ3n) is 4.64. The van der Waals surface area contributed by atoms with Crippen molar-refractivity contribution in [2.24, 2.45) is 5.41 Å². The fourth-order valence-electron chi connectivity index (χ4n) is 3.03. The summed E-state index contributed by atoms with van der Waals surface area (Å²) in [5.41, 5.74) is 7.90. The molecule has 2 heteroatoms. The van der Waals surface area contributed by atoms with Gasteiger partial charge in [0.15, 0.2) is 0 Å². The standard InChI is InChI=1S/C11H19Si.C9H13.Zr/c1-7-8(2)10(4)11(9(7)3)12(5)6;1-9(2,3)8-6-4-5-7-8;/h12H,1-6H3;6-7H,4H2,1-3H3;/q2*-1;+2.